The molecule has 1 saturated heterocycles. The molecule has 26 heavy (non-hydrogen) atoms. The van der Waals surface area contributed by atoms with Gasteiger partial charge in [-0.15, -0.1) is 5.10 Å². The second-order valence-corrected chi connectivity index (χ2v) is 6.41. The van der Waals surface area contributed by atoms with Gasteiger partial charge in [0.15, 0.2) is 5.17 Å². The van der Waals surface area contributed by atoms with Crippen LogP contribution in [0.25, 0.3) is 0 Å². The van der Waals surface area contributed by atoms with Gasteiger partial charge in [0.05, 0.1) is 19.7 Å². The van der Waals surface area contributed by atoms with Crippen LogP contribution < -0.4 is 15.4 Å². The van der Waals surface area contributed by atoms with Gasteiger partial charge in [0.1, 0.15) is 11.0 Å². The molecule has 10 heteroatoms. The van der Waals surface area contributed by atoms with Gasteiger partial charge in [0, 0.05) is 13.0 Å². The smallest absolute Gasteiger partial charge is 0.305 e. The van der Waals surface area contributed by atoms with Gasteiger partial charge in [0.2, 0.25) is 11.8 Å². The number of amidine groups is 1. The molecule has 1 aromatic carbocycles. The highest BCUT2D eigenvalue weighted by atomic mass is 32.2. The molecule has 0 radical (unpaired) electrons. The van der Waals surface area contributed by atoms with E-state index in [9.17, 15) is 14.4 Å². The van der Waals surface area contributed by atoms with Crippen molar-refractivity contribution in [3.63, 3.8) is 0 Å². The normalized spacial score (nSPS) is 18.1. The Balaban J connectivity index is 1.83. The summed E-state index contributed by atoms with van der Waals surface area (Å²) in [5.41, 5.74) is 0.818. The number of hydrogen-bond donors (Lipinski definition) is 3. The summed E-state index contributed by atoms with van der Waals surface area (Å²) in [7, 11) is 1.58. The lowest BCUT2D eigenvalue weighted by atomic mass is 10.2. The van der Waals surface area contributed by atoms with Crippen molar-refractivity contribution in [1.29, 1.82) is 0 Å². The van der Waals surface area contributed by atoms with Crippen LogP contribution in [0.2, 0.25) is 0 Å². The van der Waals surface area contributed by atoms with Crippen LogP contribution in [0.4, 0.5) is 0 Å². The fraction of sp³-hybridized carbons (Fsp3) is 0.312. The lowest BCUT2D eigenvalue weighted by Gasteiger charge is -2.05. The second kappa shape index (κ2) is 9.56. The van der Waals surface area contributed by atoms with E-state index in [2.05, 4.69) is 20.8 Å². The molecule has 0 saturated carbocycles. The Labute approximate surface area is 153 Å². The van der Waals surface area contributed by atoms with Gasteiger partial charge in [-0.3, -0.25) is 14.4 Å². The molecule has 2 amide bonds. The molecule has 1 atom stereocenters. The highest BCUT2D eigenvalue weighted by molar-refractivity contribution is 8.15. The van der Waals surface area contributed by atoms with Gasteiger partial charge in [0.25, 0.3) is 0 Å². The molecule has 1 heterocycles. The van der Waals surface area contributed by atoms with Gasteiger partial charge in [-0.05, 0) is 29.8 Å². The third-order valence-corrected chi connectivity index (χ3v) is 4.35. The SMILES string of the molecule is COc1ccc(C=N/N=C2\NC(=O)C(CC(=O)NCCC(=O)O)S2)cc1. The first-order valence-corrected chi connectivity index (χ1v) is 8.57. The zero-order valence-corrected chi connectivity index (χ0v) is 14.8. The highest BCUT2D eigenvalue weighted by Crippen LogP contribution is 2.22. The van der Waals surface area contributed by atoms with Gasteiger partial charge in [-0.2, -0.15) is 5.10 Å². The minimum absolute atomic E-state index is 0.0280. The van der Waals surface area contributed by atoms with Crippen molar-refractivity contribution in [3.8, 4) is 5.75 Å². The van der Waals surface area contributed by atoms with Crippen molar-refractivity contribution in [1.82, 2.24) is 10.6 Å². The van der Waals surface area contributed by atoms with Crippen molar-refractivity contribution in [2.75, 3.05) is 13.7 Å². The third kappa shape index (κ3) is 6.20. The number of hydrogen-bond acceptors (Lipinski definition) is 7. The Kier molecular flexibility index (Phi) is 7.15. The Morgan fingerprint density at radius 2 is 2.12 bits per heavy atom. The van der Waals surface area contributed by atoms with E-state index in [1.165, 1.54) is 6.21 Å². The topological polar surface area (TPSA) is 129 Å². The molecule has 1 aromatic rings. The number of ether oxygens (including phenoxy) is 1. The van der Waals surface area contributed by atoms with Crippen molar-refractivity contribution in [2.45, 2.75) is 18.1 Å². The predicted molar refractivity (Wildman–Crippen MR) is 97.4 cm³/mol. The molecule has 1 aliphatic heterocycles. The molecule has 138 valence electrons. The van der Waals surface area contributed by atoms with E-state index >= 15 is 0 Å². The zero-order valence-electron chi connectivity index (χ0n) is 14.0. The van der Waals surface area contributed by atoms with Crippen LogP contribution in [-0.2, 0) is 14.4 Å². The summed E-state index contributed by atoms with van der Waals surface area (Å²) in [4.78, 5) is 34.0. The van der Waals surface area contributed by atoms with E-state index in [4.69, 9.17) is 9.84 Å². The molecule has 3 N–H and O–H groups in total. The molecule has 0 aliphatic carbocycles. The molecule has 2 rings (SSSR count). The summed E-state index contributed by atoms with van der Waals surface area (Å²) in [5, 5.41) is 21.1. The fourth-order valence-electron chi connectivity index (χ4n) is 1.97. The van der Waals surface area contributed by atoms with Crippen LogP contribution in [-0.4, -0.2) is 53.2 Å². The van der Waals surface area contributed by atoms with E-state index in [0.29, 0.717) is 5.17 Å². The highest BCUT2D eigenvalue weighted by Gasteiger charge is 2.32. The molecular formula is C16H18N4O5S. The lowest BCUT2D eigenvalue weighted by Crippen LogP contribution is -2.32. The Morgan fingerprint density at radius 1 is 1.38 bits per heavy atom. The minimum Gasteiger partial charge on any atom is -0.497 e. The van der Waals surface area contributed by atoms with Crippen LogP contribution in [0.3, 0.4) is 0 Å². The molecule has 0 aromatic heterocycles. The molecule has 0 spiro atoms. The maximum absolute atomic E-state index is 11.9. The maximum atomic E-state index is 11.9. The Morgan fingerprint density at radius 3 is 2.77 bits per heavy atom. The summed E-state index contributed by atoms with van der Waals surface area (Å²) in [6, 6.07) is 7.21. The van der Waals surface area contributed by atoms with Gasteiger partial charge >= 0.3 is 5.97 Å². The van der Waals surface area contributed by atoms with E-state index in [0.717, 1.165) is 23.1 Å². The average Bonchev–Trinajstić information content (AvgIpc) is 2.94. The summed E-state index contributed by atoms with van der Waals surface area (Å²) < 4.78 is 5.06. The molecular weight excluding hydrogens is 360 g/mol. The van der Waals surface area contributed by atoms with Crippen molar-refractivity contribution in [3.05, 3.63) is 29.8 Å². The van der Waals surface area contributed by atoms with Crippen molar-refractivity contribution in [2.24, 2.45) is 10.2 Å². The van der Waals surface area contributed by atoms with Crippen LogP contribution in [0.1, 0.15) is 18.4 Å². The number of amides is 2. The number of carbonyl (C=O) groups is 3. The number of carbonyl (C=O) groups excluding carboxylic acids is 2. The number of carboxylic acids is 1. The second-order valence-electron chi connectivity index (χ2n) is 5.22. The predicted octanol–water partition coefficient (Wildman–Crippen LogP) is 0.598. The van der Waals surface area contributed by atoms with Crippen LogP contribution in [0, 0.1) is 0 Å². The van der Waals surface area contributed by atoms with Crippen molar-refractivity contribution < 1.29 is 24.2 Å². The number of methoxy groups -OCH3 is 1. The summed E-state index contributed by atoms with van der Waals surface area (Å²) in [6.45, 7) is 0.0280. The molecule has 1 aliphatic rings. The number of carboxylic acid groups (broad SMARTS) is 1. The fourth-order valence-corrected chi connectivity index (χ4v) is 2.90. The lowest BCUT2D eigenvalue weighted by molar-refractivity contribution is -0.137. The first kappa shape index (κ1) is 19.4. The van der Waals surface area contributed by atoms with E-state index < -0.39 is 11.2 Å². The van der Waals surface area contributed by atoms with Crippen LogP contribution in [0.5, 0.6) is 5.75 Å². The first-order valence-electron chi connectivity index (χ1n) is 7.69. The van der Waals surface area contributed by atoms with Crippen molar-refractivity contribution >= 4 is 40.9 Å². The van der Waals surface area contributed by atoms with E-state index in [1.807, 2.05) is 12.1 Å². The minimum atomic E-state index is -0.998. The molecule has 1 unspecified atom stereocenters. The number of rotatable bonds is 8. The number of benzene rings is 1. The standard InChI is InChI=1S/C16H18N4O5S/c1-25-11-4-2-10(3-5-11)9-18-20-16-19-15(24)12(26-16)8-13(21)17-7-6-14(22)23/h2-5,9,12H,6-8H2,1H3,(H,17,21)(H,22,23)(H,19,20,24). The van der Waals surface area contributed by atoms with Gasteiger partial charge in [-0.1, -0.05) is 11.8 Å². The van der Waals surface area contributed by atoms with Crippen LogP contribution >= 0.6 is 11.8 Å². The Bertz CT molecular complexity index is 733. The number of nitrogens with zero attached hydrogens (tertiary/aromatic N) is 2. The maximum Gasteiger partial charge on any atom is 0.305 e. The van der Waals surface area contributed by atoms with Crippen LogP contribution in [0.15, 0.2) is 34.5 Å². The molecule has 1 fully saturated rings. The number of thioether (sulfide) groups is 1. The number of aliphatic carboxylic acids is 1. The largest absolute Gasteiger partial charge is 0.497 e. The van der Waals surface area contributed by atoms with E-state index in [-0.39, 0.29) is 31.2 Å². The van der Waals surface area contributed by atoms with Gasteiger partial charge in [-0.25, -0.2) is 0 Å². The zero-order chi connectivity index (χ0) is 18.9. The van der Waals surface area contributed by atoms with E-state index in [1.54, 1.807) is 19.2 Å². The average molecular weight is 378 g/mol. The number of nitrogens with one attached hydrogen (secondary N) is 2. The summed E-state index contributed by atoms with van der Waals surface area (Å²) >= 11 is 1.11. The summed E-state index contributed by atoms with van der Waals surface area (Å²) in [6.07, 6.45) is 1.31. The summed E-state index contributed by atoms with van der Waals surface area (Å²) in [5.74, 6) is -0.984. The quantitative estimate of drug-likeness (QED) is 0.449. The third-order valence-electron chi connectivity index (χ3n) is 3.28. The van der Waals surface area contributed by atoms with Gasteiger partial charge < -0.3 is 20.5 Å². The molecule has 9 nitrogen and oxygen atoms in total. The first-order chi connectivity index (χ1) is 12.5. The Hall–Kier alpha value is -2.88. The molecule has 0 bridgehead atoms. The monoisotopic (exact) mass is 378 g/mol.